The number of carboxylic acids is 1. The molecule has 0 spiro atoms. The van der Waals surface area contributed by atoms with Crippen LogP contribution < -0.4 is 5.32 Å². The van der Waals surface area contributed by atoms with Gasteiger partial charge in [-0.1, -0.05) is 19.8 Å². The molecule has 5 heteroatoms. The van der Waals surface area contributed by atoms with Gasteiger partial charge in [0.2, 0.25) is 0 Å². The van der Waals surface area contributed by atoms with Crippen molar-refractivity contribution in [2.24, 2.45) is 0 Å². The molecule has 0 saturated carbocycles. The van der Waals surface area contributed by atoms with Crippen molar-refractivity contribution in [1.29, 1.82) is 0 Å². The van der Waals surface area contributed by atoms with Crippen molar-refractivity contribution in [2.45, 2.75) is 33.1 Å². The number of hydrogen-bond donors (Lipinski definition) is 2. The number of carboxylic acid groups (broad SMARTS) is 1. The lowest BCUT2D eigenvalue weighted by atomic mass is 10.2. The first kappa shape index (κ1) is 13.7. The van der Waals surface area contributed by atoms with Crippen LogP contribution in [0.5, 0.6) is 0 Å². The van der Waals surface area contributed by atoms with E-state index in [1.807, 2.05) is 0 Å². The van der Waals surface area contributed by atoms with Crippen molar-refractivity contribution in [1.82, 2.24) is 10.2 Å². The Morgan fingerprint density at radius 2 is 1.93 bits per heavy atom. The summed E-state index contributed by atoms with van der Waals surface area (Å²) in [7, 11) is 0. The molecule has 0 aromatic rings. The molecule has 0 rings (SSSR count). The van der Waals surface area contributed by atoms with Crippen LogP contribution in [-0.2, 0) is 4.79 Å². The van der Waals surface area contributed by atoms with Crippen LogP contribution >= 0.6 is 0 Å². The maximum Gasteiger partial charge on any atom is 0.323 e. The van der Waals surface area contributed by atoms with Crippen molar-refractivity contribution < 1.29 is 14.7 Å². The highest BCUT2D eigenvalue weighted by atomic mass is 16.4. The van der Waals surface area contributed by atoms with Crippen LogP contribution in [0, 0.1) is 0 Å². The first-order chi connectivity index (χ1) is 7.11. The van der Waals surface area contributed by atoms with Crippen molar-refractivity contribution in [2.75, 3.05) is 19.6 Å². The Morgan fingerprint density at radius 1 is 1.27 bits per heavy atom. The highest BCUT2D eigenvalue weighted by Gasteiger charge is 2.13. The lowest BCUT2D eigenvalue weighted by molar-refractivity contribution is -0.137. The molecule has 0 aliphatic carbocycles. The molecule has 0 fully saturated rings. The third kappa shape index (κ3) is 6.76. The van der Waals surface area contributed by atoms with Crippen LogP contribution in [0.4, 0.5) is 4.79 Å². The van der Waals surface area contributed by atoms with Gasteiger partial charge in [0, 0.05) is 13.1 Å². The first-order valence-electron chi connectivity index (χ1n) is 5.36. The Balaban J connectivity index is 3.78. The fourth-order valence-corrected chi connectivity index (χ4v) is 1.17. The van der Waals surface area contributed by atoms with Crippen molar-refractivity contribution in [3.63, 3.8) is 0 Å². The summed E-state index contributed by atoms with van der Waals surface area (Å²) in [6.45, 7) is 4.63. The number of nitrogens with one attached hydrogen (secondary N) is 1. The Kier molecular flexibility index (Phi) is 7.40. The van der Waals surface area contributed by atoms with E-state index in [2.05, 4.69) is 12.2 Å². The number of nitrogens with zero attached hydrogens (tertiary/aromatic N) is 1. The number of carbonyl (C=O) groups excluding carboxylic acids is 1. The monoisotopic (exact) mass is 216 g/mol. The van der Waals surface area contributed by atoms with Gasteiger partial charge in [0.15, 0.2) is 0 Å². The van der Waals surface area contributed by atoms with Crippen LogP contribution in [0.1, 0.15) is 33.1 Å². The van der Waals surface area contributed by atoms with Gasteiger partial charge in [0.25, 0.3) is 0 Å². The standard InChI is InChI=1S/C10H20N2O3/c1-3-5-6-7-11-10(15)12(4-2)8-9(13)14/h3-8H2,1-2H3,(H,11,15)(H,13,14). The maximum absolute atomic E-state index is 11.4. The number of hydrogen-bond acceptors (Lipinski definition) is 2. The normalized spacial score (nSPS) is 9.73. The summed E-state index contributed by atoms with van der Waals surface area (Å²) in [6.07, 6.45) is 3.11. The summed E-state index contributed by atoms with van der Waals surface area (Å²) in [4.78, 5) is 23.1. The zero-order valence-electron chi connectivity index (χ0n) is 9.45. The highest BCUT2D eigenvalue weighted by Crippen LogP contribution is 1.93. The molecule has 0 atom stereocenters. The molecule has 0 aliphatic rings. The van der Waals surface area contributed by atoms with Crippen LogP contribution in [0.2, 0.25) is 0 Å². The number of aliphatic carboxylic acids is 1. The van der Waals surface area contributed by atoms with E-state index in [9.17, 15) is 9.59 Å². The smallest absolute Gasteiger partial charge is 0.323 e. The average Bonchev–Trinajstić information content (AvgIpc) is 2.20. The van der Waals surface area contributed by atoms with Crippen LogP contribution in [0.15, 0.2) is 0 Å². The predicted octanol–water partition coefficient (Wildman–Crippen LogP) is 1.29. The second-order valence-electron chi connectivity index (χ2n) is 3.35. The zero-order valence-corrected chi connectivity index (χ0v) is 9.45. The molecule has 0 aliphatic heterocycles. The van der Waals surface area contributed by atoms with E-state index < -0.39 is 5.97 Å². The van der Waals surface area contributed by atoms with E-state index in [1.165, 1.54) is 4.90 Å². The van der Waals surface area contributed by atoms with Gasteiger partial charge in [-0.15, -0.1) is 0 Å². The summed E-state index contributed by atoms with van der Waals surface area (Å²) < 4.78 is 0. The van der Waals surface area contributed by atoms with Crippen molar-refractivity contribution in [3.05, 3.63) is 0 Å². The summed E-state index contributed by atoms with van der Waals surface area (Å²) in [5, 5.41) is 11.2. The Bertz CT molecular complexity index is 207. The fraction of sp³-hybridized carbons (Fsp3) is 0.800. The van der Waals surface area contributed by atoms with Crippen molar-refractivity contribution in [3.8, 4) is 0 Å². The van der Waals surface area contributed by atoms with Gasteiger partial charge in [0.05, 0.1) is 0 Å². The number of unbranched alkanes of at least 4 members (excludes halogenated alkanes) is 2. The molecule has 2 amide bonds. The molecule has 5 nitrogen and oxygen atoms in total. The SMILES string of the molecule is CCCCCNC(=O)N(CC)CC(=O)O. The predicted molar refractivity (Wildman–Crippen MR) is 57.8 cm³/mol. The first-order valence-corrected chi connectivity index (χ1v) is 5.36. The fourth-order valence-electron chi connectivity index (χ4n) is 1.17. The van der Waals surface area contributed by atoms with E-state index >= 15 is 0 Å². The Hall–Kier alpha value is -1.26. The number of amides is 2. The summed E-state index contributed by atoms with van der Waals surface area (Å²) in [5.41, 5.74) is 0. The van der Waals surface area contributed by atoms with Gasteiger partial charge >= 0.3 is 12.0 Å². The Morgan fingerprint density at radius 3 is 2.40 bits per heavy atom. The summed E-state index contributed by atoms with van der Waals surface area (Å²) in [5.74, 6) is -0.986. The second kappa shape index (κ2) is 8.08. The minimum Gasteiger partial charge on any atom is -0.480 e. The average molecular weight is 216 g/mol. The molecule has 2 N–H and O–H groups in total. The van der Waals surface area contributed by atoms with E-state index in [1.54, 1.807) is 6.92 Å². The number of carbonyl (C=O) groups is 2. The van der Waals surface area contributed by atoms with Gasteiger partial charge in [-0.2, -0.15) is 0 Å². The molecule has 0 radical (unpaired) electrons. The number of rotatable bonds is 7. The molecule has 88 valence electrons. The molecule has 0 aromatic heterocycles. The topological polar surface area (TPSA) is 69.6 Å². The highest BCUT2D eigenvalue weighted by molar-refractivity contribution is 5.79. The zero-order chi connectivity index (χ0) is 11.7. The molecule has 0 bridgehead atoms. The van der Waals surface area contributed by atoms with Gasteiger partial charge in [-0.25, -0.2) is 4.79 Å². The summed E-state index contributed by atoms with van der Waals surface area (Å²) in [6, 6.07) is -0.295. The van der Waals surface area contributed by atoms with E-state index in [4.69, 9.17) is 5.11 Å². The summed E-state index contributed by atoms with van der Waals surface area (Å²) >= 11 is 0. The van der Waals surface area contributed by atoms with Crippen LogP contribution in [0.3, 0.4) is 0 Å². The number of likely N-dealkylation sites (N-methyl/N-ethyl adjacent to an activating group) is 1. The maximum atomic E-state index is 11.4. The molecule has 0 unspecified atom stereocenters. The number of urea groups is 1. The van der Waals surface area contributed by atoms with Gasteiger partial charge in [-0.05, 0) is 13.3 Å². The lowest BCUT2D eigenvalue weighted by Crippen LogP contribution is -2.42. The minimum atomic E-state index is -0.986. The van der Waals surface area contributed by atoms with Gasteiger partial charge in [-0.3, -0.25) is 4.79 Å². The van der Waals surface area contributed by atoms with Gasteiger partial charge in [0.1, 0.15) is 6.54 Å². The quantitative estimate of drug-likeness (QED) is 0.630. The van der Waals surface area contributed by atoms with Gasteiger partial charge < -0.3 is 15.3 Å². The molecular weight excluding hydrogens is 196 g/mol. The largest absolute Gasteiger partial charge is 0.480 e. The lowest BCUT2D eigenvalue weighted by Gasteiger charge is -2.18. The van der Waals surface area contributed by atoms with Crippen LogP contribution in [-0.4, -0.2) is 41.6 Å². The van der Waals surface area contributed by atoms with Crippen molar-refractivity contribution >= 4 is 12.0 Å². The molecular formula is C10H20N2O3. The molecule has 0 saturated heterocycles. The minimum absolute atomic E-state index is 0.240. The van der Waals surface area contributed by atoms with Crippen LogP contribution in [0.25, 0.3) is 0 Å². The van der Waals surface area contributed by atoms with E-state index in [-0.39, 0.29) is 12.6 Å². The molecule has 0 heterocycles. The van der Waals surface area contributed by atoms with E-state index in [0.29, 0.717) is 13.1 Å². The van der Waals surface area contributed by atoms with E-state index in [0.717, 1.165) is 19.3 Å². The molecule has 0 aromatic carbocycles. The second-order valence-corrected chi connectivity index (χ2v) is 3.35. The third-order valence-electron chi connectivity index (χ3n) is 2.05. The third-order valence-corrected chi connectivity index (χ3v) is 2.05. The Labute approximate surface area is 90.5 Å². The molecule has 15 heavy (non-hydrogen) atoms.